The predicted molar refractivity (Wildman–Crippen MR) is 55.3 cm³/mol. The fraction of sp³-hybridized carbons (Fsp3) is 0.0769. The third-order valence-corrected chi connectivity index (χ3v) is 2.86. The number of halogens is 9. The van der Waals surface area contributed by atoms with E-state index in [1.165, 1.54) is 0 Å². The molecular formula is C13H3F9. The van der Waals surface area contributed by atoms with E-state index in [1.54, 1.807) is 0 Å². The summed E-state index contributed by atoms with van der Waals surface area (Å²) in [6, 6.07) is -0.160. The van der Waals surface area contributed by atoms with Crippen molar-refractivity contribution in [3.05, 3.63) is 69.5 Å². The molecule has 0 heterocycles. The molecule has 0 radical (unpaired) electrons. The molecule has 0 spiro atoms. The Hall–Kier alpha value is -2.19. The van der Waals surface area contributed by atoms with Crippen molar-refractivity contribution >= 4 is 0 Å². The summed E-state index contributed by atoms with van der Waals surface area (Å²) in [6.07, 6.45) is -1.57. The standard InChI is InChI=1S/C13H3F9/c14-5-2-6(15)8(17)3(7(5)16)1-4-9(18)11(20)13(22)12(21)10(4)19/h2H,1H2. The fourth-order valence-corrected chi connectivity index (χ4v) is 1.76. The smallest absolute Gasteiger partial charge is 0.200 e. The highest BCUT2D eigenvalue weighted by atomic mass is 19.2. The van der Waals surface area contributed by atoms with Crippen LogP contribution in [0.15, 0.2) is 6.07 Å². The summed E-state index contributed by atoms with van der Waals surface area (Å²) < 4.78 is 118. The lowest BCUT2D eigenvalue weighted by atomic mass is 10.0. The van der Waals surface area contributed by atoms with Gasteiger partial charge in [0.25, 0.3) is 0 Å². The minimum atomic E-state index is -2.47. The highest BCUT2D eigenvalue weighted by Gasteiger charge is 2.28. The van der Waals surface area contributed by atoms with Crippen LogP contribution in [0, 0.1) is 52.4 Å². The van der Waals surface area contributed by atoms with Gasteiger partial charge in [-0.05, 0) is 0 Å². The Bertz CT molecular complexity index is 712. The lowest BCUT2D eigenvalue weighted by Gasteiger charge is -2.10. The second-order valence-electron chi connectivity index (χ2n) is 4.17. The molecule has 0 fully saturated rings. The van der Waals surface area contributed by atoms with Gasteiger partial charge < -0.3 is 0 Å². The van der Waals surface area contributed by atoms with Gasteiger partial charge in [0, 0.05) is 23.6 Å². The first-order valence-electron chi connectivity index (χ1n) is 5.49. The van der Waals surface area contributed by atoms with Crippen LogP contribution < -0.4 is 0 Å². The largest absolute Gasteiger partial charge is 0.204 e. The zero-order chi connectivity index (χ0) is 16.8. The Balaban J connectivity index is 2.68. The van der Waals surface area contributed by atoms with Crippen LogP contribution in [0.4, 0.5) is 39.5 Å². The quantitative estimate of drug-likeness (QED) is 0.431. The molecular weight excluding hydrogens is 327 g/mol. The molecule has 0 aromatic heterocycles. The molecule has 0 bridgehead atoms. The van der Waals surface area contributed by atoms with Gasteiger partial charge in [0.15, 0.2) is 46.5 Å². The van der Waals surface area contributed by atoms with Gasteiger partial charge in [-0.2, -0.15) is 0 Å². The van der Waals surface area contributed by atoms with E-state index in [-0.39, 0.29) is 6.07 Å². The van der Waals surface area contributed by atoms with E-state index in [1.807, 2.05) is 0 Å². The number of hydrogen-bond donors (Lipinski definition) is 0. The molecule has 0 nitrogen and oxygen atoms in total. The van der Waals surface area contributed by atoms with E-state index in [0.717, 1.165) is 0 Å². The van der Waals surface area contributed by atoms with Crippen molar-refractivity contribution in [2.75, 3.05) is 0 Å². The Morgan fingerprint density at radius 3 is 1.18 bits per heavy atom. The summed E-state index contributed by atoms with van der Waals surface area (Å²) in [7, 11) is 0. The lowest BCUT2D eigenvalue weighted by Crippen LogP contribution is -2.11. The van der Waals surface area contributed by atoms with Gasteiger partial charge in [-0.1, -0.05) is 0 Å². The normalized spacial score (nSPS) is 11.1. The second kappa shape index (κ2) is 5.54. The van der Waals surface area contributed by atoms with E-state index in [9.17, 15) is 39.5 Å². The molecule has 0 aliphatic carbocycles. The van der Waals surface area contributed by atoms with Crippen LogP contribution in [-0.2, 0) is 6.42 Å². The highest BCUT2D eigenvalue weighted by Crippen LogP contribution is 2.28. The van der Waals surface area contributed by atoms with Crippen molar-refractivity contribution in [3.8, 4) is 0 Å². The van der Waals surface area contributed by atoms with Gasteiger partial charge in [-0.25, -0.2) is 39.5 Å². The van der Waals surface area contributed by atoms with Crippen molar-refractivity contribution in [1.29, 1.82) is 0 Å². The molecule has 0 N–H and O–H groups in total. The monoisotopic (exact) mass is 330 g/mol. The minimum Gasteiger partial charge on any atom is -0.204 e. The maximum atomic E-state index is 13.4. The van der Waals surface area contributed by atoms with Gasteiger partial charge in [0.2, 0.25) is 5.82 Å². The molecule has 2 aromatic rings. The van der Waals surface area contributed by atoms with Crippen molar-refractivity contribution in [3.63, 3.8) is 0 Å². The van der Waals surface area contributed by atoms with E-state index in [2.05, 4.69) is 0 Å². The van der Waals surface area contributed by atoms with E-state index in [4.69, 9.17) is 0 Å². The molecule has 0 unspecified atom stereocenters. The molecule has 0 atom stereocenters. The Kier molecular flexibility index (Phi) is 4.08. The summed E-state index contributed by atoms with van der Waals surface area (Å²) in [4.78, 5) is 0. The van der Waals surface area contributed by atoms with Crippen molar-refractivity contribution < 1.29 is 39.5 Å². The minimum absolute atomic E-state index is 0.160. The topological polar surface area (TPSA) is 0 Å². The van der Waals surface area contributed by atoms with Crippen molar-refractivity contribution in [1.82, 2.24) is 0 Å². The Labute approximate surface area is 116 Å². The van der Waals surface area contributed by atoms with Crippen LogP contribution >= 0.6 is 0 Å². The number of rotatable bonds is 2. The molecule has 9 heteroatoms. The molecule has 2 aromatic carbocycles. The SMILES string of the molecule is Fc1cc(F)c(F)c(Cc2c(F)c(F)c(F)c(F)c2F)c1F. The summed E-state index contributed by atoms with van der Waals surface area (Å²) >= 11 is 0. The fourth-order valence-electron chi connectivity index (χ4n) is 1.76. The molecule has 0 aliphatic rings. The zero-order valence-electron chi connectivity index (χ0n) is 10.2. The summed E-state index contributed by atoms with van der Waals surface area (Å²) in [5.74, 6) is -19.6. The second-order valence-corrected chi connectivity index (χ2v) is 4.17. The molecule has 0 amide bonds. The highest BCUT2D eigenvalue weighted by molar-refractivity contribution is 5.32. The summed E-state index contributed by atoms with van der Waals surface area (Å²) in [6.45, 7) is 0. The van der Waals surface area contributed by atoms with Crippen LogP contribution in [0.5, 0.6) is 0 Å². The number of benzene rings is 2. The van der Waals surface area contributed by atoms with E-state index >= 15 is 0 Å². The van der Waals surface area contributed by atoms with E-state index in [0.29, 0.717) is 0 Å². The zero-order valence-corrected chi connectivity index (χ0v) is 10.2. The van der Waals surface area contributed by atoms with E-state index < -0.39 is 69.9 Å². The number of hydrogen-bond acceptors (Lipinski definition) is 0. The van der Waals surface area contributed by atoms with Gasteiger partial charge in [0.1, 0.15) is 0 Å². The van der Waals surface area contributed by atoms with Crippen LogP contribution in [0.1, 0.15) is 11.1 Å². The van der Waals surface area contributed by atoms with Gasteiger partial charge in [-0.3, -0.25) is 0 Å². The maximum Gasteiger partial charge on any atom is 0.200 e. The molecule has 22 heavy (non-hydrogen) atoms. The molecule has 0 saturated heterocycles. The first-order chi connectivity index (χ1) is 10.2. The predicted octanol–water partition coefficient (Wildman–Crippen LogP) is 4.53. The van der Waals surface area contributed by atoms with Gasteiger partial charge in [-0.15, -0.1) is 0 Å². The average molecular weight is 330 g/mol. The lowest BCUT2D eigenvalue weighted by molar-refractivity contribution is 0.369. The Morgan fingerprint density at radius 2 is 0.773 bits per heavy atom. The molecule has 2 rings (SSSR count). The first-order valence-corrected chi connectivity index (χ1v) is 5.49. The third-order valence-electron chi connectivity index (χ3n) is 2.86. The average Bonchev–Trinajstić information content (AvgIpc) is 2.48. The van der Waals surface area contributed by atoms with Crippen LogP contribution in [-0.4, -0.2) is 0 Å². The molecule has 0 aliphatic heterocycles. The van der Waals surface area contributed by atoms with Crippen molar-refractivity contribution in [2.45, 2.75) is 6.42 Å². The van der Waals surface area contributed by atoms with Crippen LogP contribution in [0.2, 0.25) is 0 Å². The van der Waals surface area contributed by atoms with Crippen LogP contribution in [0.25, 0.3) is 0 Å². The van der Waals surface area contributed by atoms with Gasteiger partial charge in [0.05, 0.1) is 0 Å². The van der Waals surface area contributed by atoms with Gasteiger partial charge >= 0.3 is 0 Å². The first kappa shape index (κ1) is 16.2. The third kappa shape index (κ3) is 2.40. The molecule has 0 saturated carbocycles. The van der Waals surface area contributed by atoms with Crippen molar-refractivity contribution in [2.24, 2.45) is 0 Å². The summed E-state index contributed by atoms with van der Waals surface area (Å²) in [5, 5.41) is 0. The molecule has 118 valence electrons. The maximum absolute atomic E-state index is 13.4. The van der Waals surface area contributed by atoms with Crippen LogP contribution in [0.3, 0.4) is 0 Å². The summed E-state index contributed by atoms with van der Waals surface area (Å²) in [5.41, 5.74) is -3.11. The Morgan fingerprint density at radius 1 is 0.455 bits per heavy atom.